The highest BCUT2D eigenvalue weighted by Gasteiger charge is 2.27. The molecule has 3 nitrogen and oxygen atoms in total. The van der Waals surface area contributed by atoms with E-state index in [1.54, 1.807) is 0 Å². The smallest absolute Gasteiger partial charge is 0.303 e. The molecule has 2 unspecified atom stereocenters. The van der Waals surface area contributed by atoms with Crippen LogP contribution in [0.15, 0.2) is 24.3 Å². The van der Waals surface area contributed by atoms with Gasteiger partial charge in [0.15, 0.2) is 0 Å². The molecule has 4 heteroatoms. The normalized spacial score (nSPS) is 21.6. The minimum atomic E-state index is -0.732. The van der Waals surface area contributed by atoms with Crippen LogP contribution in [-0.4, -0.2) is 28.6 Å². The van der Waals surface area contributed by atoms with E-state index < -0.39 is 5.97 Å². The Morgan fingerprint density at radius 2 is 2.10 bits per heavy atom. The summed E-state index contributed by atoms with van der Waals surface area (Å²) in [7, 11) is 0. The first-order valence-corrected chi connectivity index (χ1v) is 7.31. The van der Waals surface area contributed by atoms with E-state index in [1.807, 2.05) is 12.1 Å². The number of piperidine rings is 1. The zero-order valence-electron chi connectivity index (χ0n) is 11.9. The van der Waals surface area contributed by atoms with Crippen molar-refractivity contribution in [2.45, 2.75) is 51.1 Å². The number of hydrogen-bond donors (Lipinski definition) is 1. The Balaban J connectivity index is 2.06. The van der Waals surface area contributed by atoms with Crippen LogP contribution in [0, 0.1) is 5.82 Å². The first kappa shape index (κ1) is 15.0. The molecule has 1 aliphatic heterocycles. The SMILES string of the molecule is CC(c1ccc(F)cc1)N1CCCCC1CCC(=O)O. The molecule has 0 saturated carbocycles. The van der Waals surface area contributed by atoms with Crippen LogP contribution < -0.4 is 0 Å². The van der Waals surface area contributed by atoms with Crippen molar-refractivity contribution in [3.05, 3.63) is 35.6 Å². The van der Waals surface area contributed by atoms with Gasteiger partial charge in [0.2, 0.25) is 0 Å². The fraction of sp³-hybridized carbons (Fsp3) is 0.562. The Morgan fingerprint density at radius 3 is 2.75 bits per heavy atom. The van der Waals surface area contributed by atoms with Crippen LogP contribution in [0.2, 0.25) is 0 Å². The van der Waals surface area contributed by atoms with Gasteiger partial charge in [0.1, 0.15) is 5.82 Å². The van der Waals surface area contributed by atoms with Crippen molar-refractivity contribution < 1.29 is 14.3 Å². The van der Waals surface area contributed by atoms with E-state index in [0.717, 1.165) is 31.4 Å². The zero-order chi connectivity index (χ0) is 14.5. The molecule has 1 aromatic rings. The number of likely N-dealkylation sites (tertiary alicyclic amines) is 1. The zero-order valence-corrected chi connectivity index (χ0v) is 11.9. The van der Waals surface area contributed by atoms with Crippen LogP contribution in [0.1, 0.15) is 50.6 Å². The van der Waals surface area contributed by atoms with Crippen molar-refractivity contribution in [1.29, 1.82) is 0 Å². The van der Waals surface area contributed by atoms with Crippen LogP contribution in [0.4, 0.5) is 4.39 Å². The second kappa shape index (κ2) is 6.84. The Labute approximate surface area is 119 Å². The van der Waals surface area contributed by atoms with E-state index in [-0.39, 0.29) is 18.3 Å². The largest absolute Gasteiger partial charge is 0.481 e. The third-order valence-electron chi connectivity index (χ3n) is 4.21. The van der Waals surface area contributed by atoms with Crippen LogP contribution in [0.5, 0.6) is 0 Å². The summed E-state index contributed by atoms with van der Waals surface area (Å²) in [6, 6.07) is 7.14. The lowest BCUT2D eigenvalue weighted by molar-refractivity contribution is -0.137. The van der Waals surface area contributed by atoms with Gasteiger partial charge < -0.3 is 5.11 Å². The van der Waals surface area contributed by atoms with Crippen LogP contribution >= 0.6 is 0 Å². The Hall–Kier alpha value is -1.42. The maximum atomic E-state index is 13.0. The van der Waals surface area contributed by atoms with Crippen molar-refractivity contribution in [2.24, 2.45) is 0 Å². The number of nitrogens with zero attached hydrogens (tertiary/aromatic N) is 1. The van der Waals surface area contributed by atoms with Crippen LogP contribution in [0.3, 0.4) is 0 Å². The average molecular weight is 279 g/mol. The molecule has 1 aromatic carbocycles. The minimum absolute atomic E-state index is 0.203. The molecule has 0 amide bonds. The fourth-order valence-corrected chi connectivity index (χ4v) is 3.07. The first-order chi connectivity index (χ1) is 9.58. The molecule has 20 heavy (non-hydrogen) atoms. The van der Waals surface area contributed by atoms with Gasteiger partial charge in [-0.05, 0) is 50.4 Å². The molecule has 2 rings (SSSR count). The van der Waals surface area contributed by atoms with E-state index in [2.05, 4.69) is 11.8 Å². The second-order valence-corrected chi connectivity index (χ2v) is 5.55. The van der Waals surface area contributed by atoms with E-state index in [4.69, 9.17) is 5.11 Å². The number of benzene rings is 1. The maximum Gasteiger partial charge on any atom is 0.303 e. The first-order valence-electron chi connectivity index (χ1n) is 7.31. The van der Waals surface area contributed by atoms with Crippen LogP contribution in [-0.2, 0) is 4.79 Å². The summed E-state index contributed by atoms with van der Waals surface area (Å²) in [4.78, 5) is 13.1. The van der Waals surface area contributed by atoms with Gasteiger partial charge in [-0.15, -0.1) is 0 Å². The van der Waals surface area contributed by atoms with Crippen molar-refractivity contribution in [1.82, 2.24) is 4.90 Å². The lowest BCUT2D eigenvalue weighted by Crippen LogP contribution is -2.41. The fourth-order valence-electron chi connectivity index (χ4n) is 3.07. The topological polar surface area (TPSA) is 40.5 Å². The van der Waals surface area contributed by atoms with Gasteiger partial charge in [0.05, 0.1) is 0 Å². The van der Waals surface area contributed by atoms with Gasteiger partial charge in [0.25, 0.3) is 0 Å². The number of hydrogen-bond acceptors (Lipinski definition) is 2. The third-order valence-corrected chi connectivity index (χ3v) is 4.21. The monoisotopic (exact) mass is 279 g/mol. The molecule has 1 fully saturated rings. The molecule has 0 radical (unpaired) electrons. The quantitative estimate of drug-likeness (QED) is 0.895. The average Bonchev–Trinajstić information content (AvgIpc) is 2.45. The number of aliphatic carboxylic acids is 1. The molecule has 1 N–H and O–H groups in total. The molecule has 0 spiro atoms. The van der Waals surface area contributed by atoms with Gasteiger partial charge in [-0.3, -0.25) is 9.69 Å². The molecule has 0 aliphatic carbocycles. The number of carboxylic acid groups (broad SMARTS) is 1. The van der Waals surface area contributed by atoms with Gasteiger partial charge in [-0.2, -0.15) is 0 Å². The highest BCUT2D eigenvalue weighted by molar-refractivity contribution is 5.66. The summed E-state index contributed by atoms with van der Waals surface area (Å²) in [5.41, 5.74) is 1.09. The lowest BCUT2D eigenvalue weighted by atomic mass is 9.94. The predicted molar refractivity (Wildman–Crippen MR) is 76.0 cm³/mol. The lowest BCUT2D eigenvalue weighted by Gasteiger charge is -2.40. The number of rotatable bonds is 5. The molecule has 0 aromatic heterocycles. The summed E-state index contributed by atoms with van der Waals surface area (Å²) in [6.07, 6.45) is 4.28. The highest BCUT2D eigenvalue weighted by Crippen LogP contribution is 2.30. The van der Waals surface area contributed by atoms with Crippen LogP contribution in [0.25, 0.3) is 0 Å². The minimum Gasteiger partial charge on any atom is -0.481 e. The van der Waals surface area contributed by atoms with E-state index in [9.17, 15) is 9.18 Å². The molecule has 1 heterocycles. The Bertz CT molecular complexity index is 446. The Morgan fingerprint density at radius 1 is 1.40 bits per heavy atom. The van der Waals surface area contributed by atoms with E-state index >= 15 is 0 Å². The molecular weight excluding hydrogens is 257 g/mol. The van der Waals surface area contributed by atoms with Crippen molar-refractivity contribution in [3.8, 4) is 0 Å². The second-order valence-electron chi connectivity index (χ2n) is 5.55. The van der Waals surface area contributed by atoms with Crippen molar-refractivity contribution >= 4 is 5.97 Å². The summed E-state index contributed by atoms with van der Waals surface area (Å²) in [5, 5.41) is 8.86. The maximum absolute atomic E-state index is 13.0. The molecule has 1 saturated heterocycles. The summed E-state index contributed by atoms with van der Waals surface area (Å²) in [5.74, 6) is -0.952. The van der Waals surface area contributed by atoms with E-state index in [0.29, 0.717) is 12.5 Å². The molecule has 1 aliphatic rings. The van der Waals surface area contributed by atoms with Gasteiger partial charge >= 0.3 is 5.97 Å². The molecule has 110 valence electrons. The van der Waals surface area contributed by atoms with Gasteiger partial charge in [-0.1, -0.05) is 18.6 Å². The van der Waals surface area contributed by atoms with Gasteiger partial charge in [0, 0.05) is 18.5 Å². The van der Waals surface area contributed by atoms with Gasteiger partial charge in [-0.25, -0.2) is 4.39 Å². The summed E-state index contributed by atoms with van der Waals surface area (Å²) >= 11 is 0. The number of halogens is 1. The third kappa shape index (κ3) is 3.79. The number of carbonyl (C=O) groups is 1. The number of carboxylic acids is 1. The standard InChI is InChI=1S/C16H22FNO2/c1-12(13-5-7-14(17)8-6-13)18-11-3-2-4-15(18)9-10-16(19)20/h5-8,12,15H,2-4,9-11H2,1H3,(H,19,20). The van der Waals surface area contributed by atoms with Crippen molar-refractivity contribution in [2.75, 3.05) is 6.54 Å². The molecular formula is C16H22FNO2. The Kier molecular flexibility index (Phi) is 5.12. The molecule has 2 atom stereocenters. The molecule has 0 bridgehead atoms. The summed E-state index contributed by atoms with van der Waals surface area (Å²) < 4.78 is 13.0. The summed E-state index contributed by atoms with van der Waals surface area (Å²) in [6.45, 7) is 3.11. The highest BCUT2D eigenvalue weighted by atomic mass is 19.1. The van der Waals surface area contributed by atoms with Crippen molar-refractivity contribution in [3.63, 3.8) is 0 Å². The van der Waals surface area contributed by atoms with E-state index in [1.165, 1.54) is 12.1 Å². The predicted octanol–water partition coefficient (Wildman–Crippen LogP) is 3.61.